The molecular weight excluding hydrogens is 431 g/mol. The molecule has 0 aliphatic carbocycles. The van der Waals surface area contributed by atoms with E-state index in [1.165, 1.54) is 17.4 Å². The van der Waals surface area contributed by atoms with Gasteiger partial charge in [-0.2, -0.15) is 0 Å². The van der Waals surface area contributed by atoms with E-state index in [0.29, 0.717) is 12.1 Å². The summed E-state index contributed by atoms with van der Waals surface area (Å²) in [6, 6.07) is 12.8. The Labute approximate surface area is 187 Å². The van der Waals surface area contributed by atoms with Crippen LogP contribution in [0.4, 0.5) is 15.2 Å². The third kappa shape index (κ3) is 4.18. The molecule has 0 saturated carbocycles. The number of carbonyl (C=O) groups is 1. The largest absolute Gasteiger partial charge is 0.347 e. The molecule has 158 valence electrons. The molecule has 31 heavy (non-hydrogen) atoms. The smallest absolute Gasteiger partial charge is 0.229 e. The van der Waals surface area contributed by atoms with E-state index in [9.17, 15) is 9.18 Å². The topological polar surface area (TPSA) is 58.1 Å². The van der Waals surface area contributed by atoms with Gasteiger partial charge in [0.05, 0.1) is 21.3 Å². The number of nitrogens with zero attached hydrogens (tertiary/aromatic N) is 3. The average molecular weight is 453 g/mol. The lowest BCUT2D eigenvalue weighted by Crippen LogP contribution is -2.40. The second-order valence-electron chi connectivity index (χ2n) is 7.69. The van der Waals surface area contributed by atoms with Gasteiger partial charge >= 0.3 is 0 Å². The molecule has 1 amide bonds. The van der Waals surface area contributed by atoms with Crippen molar-refractivity contribution in [1.82, 2.24) is 9.97 Å². The highest BCUT2D eigenvalue weighted by Gasteiger charge is 2.28. The van der Waals surface area contributed by atoms with E-state index in [1.54, 1.807) is 17.4 Å². The molecule has 1 N–H and O–H groups in total. The number of fused-ring (bicyclic) bond motifs is 1. The van der Waals surface area contributed by atoms with Gasteiger partial charge in [0.15, 0.2) is 5.13 Å². The van der Waals surface area contributed by atoms with Crippen LogP contribution in [0.2, 0.25) is 0 Å². The van der Waals surface area contributed by atoms with Gasteiger partial charge in [-0.15, -0.1) is 11.3 Å². The first-order valence-electron chi connectivity index (χ1n) is 10.2. The molecular formula is C23H21FN4OS2. The number of aromatic nitrogens is 2. The first kappa shape index (κ1) is 20.1. The van der Waals surface area contributed by atoms with E-state index in [2.05, 4.69) is 20.2 Å². The molecule has 1 fully saturated rings. The summed E-state index contributed by atoms with van der Waals surface area (Å²) in [5.41, 5.74) is 3.09. The summed E-state index contributed by atoms with van der Waals surface area (Å²) in [4.78, 5) is 24.1. The summed E-state index contributed by atoms with van der Waals surface area (Å²) >= 11 is 3.08. The maximum absolute atomic E-state index is 14.0. The maximum atomic E-state index is 14.0. The molecule has 3 heterocycles. The highest BCUT2D eigenvalue weighted by Crippen LogP contribution is 2.33. The van der Waals surface area contributed by atoms with Crippen LogP contribution in [0.5, 0.6) is 0 Å². The van der Waals surface area contributed by atoms with E-state index in [0.717, 1.165) is 51.2 Å². The fourth-order valence-corrected chi connectivity index (χ4v) is 5.54. The zero-order valence-corrected chi connectivity index (χ0v) is 18.6. The van der Waals surface area contributed by atoms with Crippen molar-refractivity contribution in [3.05, 3.63) is 58.7 Å². The standard InChI is InChI=1S/C23H21FN4OS2/c1-14-25-19(13-30-14)15-5-2-7-17(11-15)26-22(29)16-6-4-10-28(12-16)23-27-21-18(24)8-3-9-20(21)31-23/h2-3,5,7-9,11,13,16H,4,6,10,12H2,1H3,(H,26,29). The molecule has 1 aliphatic rings. The summed E-state index contributed by atoms with van der Waals surface area (Å²) < 4.78 is 14.9. The molecule has 1 saturated heterocycles. The highest BCUT2D eigenvalue weighted by atomic mass is 32.1. The summed E-state index contributed by atoms with van der Waals surface area (Å²) in [5, 5.41) is 6.88. The molecule has 0 radical (unpaired) electrons. The van der Waals surface area contributed by atoms with Crippen LogP contribution in [0.15, 0.2) is 47.8 Å². The third-order valence-electron chi connectivity index (χ3n) is 5.47. The molecule has 5 rings (SSSR count). The molecule has 1 unspecified atom stereocenters. The number of para-hydroxylation sites is 1. The van der Waals surface area contributed by atoms with Crippen molar-refractivity contribution in [1.29, 1.82) is 0 Å². The van der Waals surface area contributed by atoms with Crippen LogP contribution < -0.4 is 10.2 Å². The Kier molecular flexibility index (Phi) is 5.41. The van der Waals surface area contributed by atoms with Crippen molar-refractivity contribution in [3.63, 3.8) is 0 Å². The van der Waals surface area contributed by atoms with Gasteiger partial charge in [0.1, 0.15) is 11.3 Å². The van der Waals surface area contributed by atoms with Crippen molar-refractivity contribution in [2.45, 2.75) is 19.8 Å². The van der Waals surface area contributed by atoms with Crippen LogP contribution in [0.1, 0.15) is 17.8 Å². The number of hydrogen-bond donors (Lipinski definition) is 1. The van der Waals surface area contributed by atoms with Crippen molar-refractivity contribution in [2.24, 2.45) is 5.92 Å². The Bertz CT molecular complexity index is 1250. The van der Waals surface area contributed by atoms with Gasteiger partial charge in [-0.1, -0.05) is 29.5 Å². The van der Waals surface area contributed by atoms with Crippen molar-refractivity contribution >= 4 is 49.6 Å². The van der Waals surface area contributed by atoms with Crippen LogP contribution in [-0.2, 0) is 4.79 Å². The second-order valence-corrected chi connectivity index (χ2v) is 9.76. The Morgan fingerprint density at radius 1 is 1.23 bits per heavy atom. The highest BCUT2D eigenvalue weighted by molar-refractivity contribution is 7.22. The van der Waals surface area contributed by atoms with E-state index in [-0.39, 0.29) is 17.6 Å². The molecule has 2 aromatic carbocycles. The number of benzene rings is 2. The lowest BCUT2D eigenvalue weighted by atomic mass is 9.97. The number of anilines is 2. The number of amides is 1. The van der Waals surface area contributed by atoms with E-state index in [1.807, 2.05) is 42.6 Å². The van der Waals surface area contributed by atoms with Gasteiger partial charge in [-0.05, 0) is 44.0 Å². The number of aryl methyl sites for hydroxylation is 1. The molecule has 1 aliphatic heterocycles. The maximum Gasteiger partial charge on any atom is 0.229 e. The lowest BCUT2D eigenvalue weighted by molar-refractivity contribution is -0.120. The summed E-state index contributed by atoms with van der Waals surface area (Å²) in [6.45, 7) is 3.39. The molecule has 0 bridgehead atoms. The van der Waals surface area contributed by atoms with Crippen LogP contribution in [0.25, 0.3) is 21.5 Å². The second kappa shape index (κ2) is 8.36. The van der Waals surface area contributed by atoms with E-state index < -0.39 is 0 Å². The van der Waals surface area contributed by atoms with Crippen LogP contribution >= 0.6 is 22.7 Å². The summed E-state index contributed by atoms with van der Waals surface area (Å²) in [6.07, 6.45) is 1.72. The Balaban J connectivity index is 1.30. The first-order valence-corrected chi connectivity index (χ1v) is 11.9. The van der Waals surface area contributed by atoms with Gasteiger partial charge in [0, 0.05) is 29.7 Å². The van der Waals surface area contributed by atoms with Gasteiger partial charge in [-0.3, -0.25) is 4.79 Å². The van der Waals surface area contributed by atoms with Crippen molar-refractivity contribution in [3.8, 4) is 11.3 Å². The van der Waals surface area contributed by atoms with Crippen LogP contribution in [0, 0.1) is 18.7 Å². The number of carbonyl (C=O) groups excluding carboxylic acids is 1. The van der Waals surface area contributed by atoms with Gasteiger partial charge < -0.3 is 10.2 Å². The van der Waals surface area contributed by atoms with Crippen LogP contribution in [-0.4, -0.2) is 29.0 Å². The molecule has 4 aromatic rings. The predicted molar refractivity (Wildman–Crippen MR) is 125 cm³/mol. The Morgan fingerprint density at radius 3 is 2.90 bits per heavy atom. The third-order valence-corrected chi connectivity index (χ3v) is 7.32. The fourth-order valence-electron chi connectivity index (χ4n) is 3.90. The van der Waals surface area contributed by atoms with Crippen molar-refractivity contribution < 1.29 is 9.18 Å². The van der Waals surface area contributed by atoms with Gasteiger partial charge in [-0.25, -0.2) is 14.4 Å². The molecule has 2 aromatic heterocycles. The number of hydrogen-bond acceptors (Lipinski definition) is 6. The molecule has 1 atom stereocenters. The number of piperidine rings is 1. The molecule has 8 heteroatoms. The summed E-state index contributed by atoms with van der Waals surface area (Å²) in [7, 11) is 0. The average Bonchev–Trinajstić information content (AvgIpc) is 3.41. The van der Waals surface area contributed by atoms with Crippen LogP contribution in [0.3, 0.4) is 0 Å². The zero-order chi connectivity index (χ0) is 21.4. The number of thiazole rings is 2. The summed E-state index contributed by atoms with van der Waals surface area (Å²) in [5.74, 6) is -0.444. The predicted octanol–water partition coefficient (Wildman–Crippen LogP) is 5.72. The quantitative estimate of drug-likeness (QED) is 0.430. The molecule has 5 nitrogen and oxygen atoms in total. The number of rotatable bonds is 4. The zero-order valence-electron chi connectivity index (χ0n) is 17.0. The Hall–Kier alpha value is -2.84. The minimum absolute atomic E-state index is 0.00333. The van der Waals surface area contributed by atoms with Gasteiger partial charge in [0.2, 0.25) is 5.91 Å². The first-order chi connectivity index (χ1) is 15.1. The normalized spacial score (nSPS) is 16.6. The van der Waals surface area contributed by atoms with E-state index >= 15 is 0 Å². The fraction of sp³-hybridized carbons (Fsp3) is 0.261. The number of nitrogens with one attached hydrogen (secondary N) is 1. The number of halogens is 1. The van der Waals surface area contributed by atoms with E-state index in [4.69, 9.17) is 0 Å². The lowest BCUT2D eigenvalue weighted by Gasteiger charge is -2.31. The monoisotopic (exact) mass is 452 g/mol. The van der Waals surface area contributed by atoms with Crippen molar-refractivity contribution in [2.75, 3.05) is 23.3 Å². The molecule has 0 spiro atoms. The SMILES string of the molecule is Cc1nc(-c2cccc(NC(=O)C3CCCN(c4nc5c(F)cccc5s4)C3)c2)cs1. The van der Waals surface area contributed by atoms with Gasteiger partial charge in [0.25, 0.3) is 0 Å². The minimum Gasteiger partial charge on any atom is -0.347 e. The Morgan fingerprint density at radius 2 is 2.10 bits per heavy atom. The minimum atomic E-state index is -0.304.